The van der Waals surface area contributed by atoms with Gasteiger partial charge in [0, 0.05) is 18.3 Å². The molecule has 4 nitrogen and oxygen atoms in total. The van der Waals surface area contributed by atoms with Crippen LogP contribution in [0.25, 0.3) is 0 Å². The molecule has 1 amide bonds. The number of nitrogens with one attached hydrogen (secondary N) is 1. The summed E-state index contributed by atoms with van der Waals surface area (Å²) in [5, 5.41) is 5.72. The minimum absolute atomic E-state index is 0.0366. The highest BCUT2D eigenvalue weighted by atomic mass is 32.1. The summed E-state index contributed by atoms with van der Waals surface area (Å²) in [6.07, 6.45) is 6.51. The van der Waals surface area contributed by atoms with Gasteiger partial charge in [0.1, 0.15) is 0 Å². The third-order valence-corrected chi connectivity index (χ3v) is 5.17. The van der Waals surface area contributed by atoms with Crippen LogP contribution in [-0.2, 0) is 17.8 Å². The monoisotopic (exact) mass is 343 g/mol. The number of anilines is 1. The molecule has 5 heteroatoms. The lowest BCUT2D eigenvalue weighted by atomic mass is 10.1. The van der Waals surface area contributed by atoms with Crippen molar-refractivity contribution in [3.05, 3.63) is 47.0 Å². The summed E-state index contributed by atoms with van der Waals surface area (Å²) >= 11 is 1.52. The number of carbonyl (C=O) groups is 1. The Kier molecular flexibility index (Phi) is 6.38. The van der Waals surface area contributed by atoms with E-state index in [9.17, 15) is 4.79 Å². The number of carbonyl (C=O) groups excluding carboxylic acids is 1. The first-order chi connectivity index (χ1) is 11.8. The molecule has 0 unspecified atom stereocenters. The number of rotatable bonds is 6. The second kappa shape index (κ2) is 8.94. The minimum atomic E-state index is 0.0366. The number of benzene rings is 1. The van der Waals surface area contributed by atoms with Gasteiger partial charge in [-0.05, 0) is 37.9 Å². The fraction of sp³-hybridized carbons (Fsp3) is 0.474. The van der Waals surface area contributed by atoms with E-state index in [0.717, 1.165) is 36.9 Å². The van der Waals surface area contributed by atoms with Gasteiger partial charge in [-0.1, -0.05) is 43.2 Å². The molecule has 0 spiro atoms. The summed E-state index contributed by atoms with van der Waals surface area (Å²) in [7, 11) is 0. The summed E-state index contributed by atoms with van der Waals surface area (Å²) in [4.78, 5) is 19.1. The minimum Gasteiger partial charge on any atom is -0.302 e. The zero-order valence-electron chi connectivity index (χ0n) is 14.0. The second-order valence-electron chi connectivity index (χ2n) is 6.37. The Morgan fingerprint density at radius 1 is 1.12 bits per heavy atom. The summed E-state index contributed by atoms with van der Waals surface area (Å²) < 4.78 is 0. The van der Waals surface area contributed by atoms with Crippen LogP contribution in [-0.4, -0.2) is 28.9 Å². The summed E-state index contributed by atoms with van der Waals surface area (Å²) in [6, 6.07) is 10.1. The molecule has 3 rings (SSSR count). The van der Waals surface area contributed by atoms with Crippen LogP contribution >= 0.6 is 11.3 Å². The normalized spacial score (nSPS) is 15.8. The smallest absolute Gasteiger partial charge is 0.226 e. The average Bonchev–Trinajstić information content (AvgIpc) is 2.87. The van der Waals surface area contributed by atoms with Crippen LogP contribution in [0.3, 0.4) is 0 Å². The maximum atomic E-state index is 12.1. The van der Waals surface area contributed by atoms with Gasteiger partial charge in [0.15, 0.2) is 5.13 Å². The lowest BCUT2D eigenvalue weighted by molar-refractivity contribution is -0.116. The lowest BCUT2D eigenvalue weighted by Crippen LogP contribution is -2.24. The largest absolute Gasteiger partial charge is 0.302 e. The summed E-state index contributed by atoms with van der Waals surface area (Å²) in [5.41, 5.74) is 2.26. The molecule has 1 aliphatic rings. The summed E-state index contributed by atoms with van der Waals surface area (Å²) in [6.45, 7) is 3.23. The van der Waals surface area contributed by atoms with E-state index in [1.54, 1.807) is 0 Å². The van der Waals surface area contributed by atoms with Gasteiger partial charge in [-0.2, -0.15) is 0 Å². The van der Waals surface area contributed by atoms with E-state index in [1.165, 1.54) is 42.6 Å². The van der Waals surface area contributed by atoms with Crippen molar-refractivity contribution >= 4 is 22.4 Å². The SMILES string of the molecule is O=C(CCc1ccccc1)Nc1nc(CN2CCCCCC2)cs1. The molecule has 1 aliphatic heterocycles. The van der Waals surface area contributed by atoms with Crippen molar-refractivity contribution in [1.82, 2.24) is 9.88 Å². The molecule has 2 aromatic rings. The first-order valence-corrected chi connectivity index (χ1v) is 9.68. The van der Waals surface area contributed by atoms with Gasteiger partial charge >= 0.3 is 0 Å². The van der Waals surface area contributed by atoms with Crippen molar-refractivity contribution in [3.8, 4) is 0 Å². The molecule has 0 saturated carbocycles. The number of aryl methyl sites for hydroxylation is 1. The quantitative estimate of drug-likeness (QED) is 0.859. The van der Waals surface area contributed by atoms with Crippen LogP contribution in [0.2, 0.25) is 0 Å². The predicted octanol–water partition coefficient (Wildman–Crippen LogP) is 4.09. The third kappa shape index (κ3) is 5.42. The molecule has 0 bridgehead atoms. The van der Waals surface area contributed by atoms with Crippen LogP contribution in [0.5, 0.6) is 0 Å². The number of nitrogens with zero attached hydrogens (tertiary/aromatic N) is 2. The number of amides is 1. The molecule has 1 aromatic carbocycles. The van der Waals surface area contributed by atoms with E-state index in [-0.39, 0.29) is 5.91 Å². The maximum absolute atomic E-state index is 12.1. The van der Waals surface area contributed by atoms with Crippen molar-refractivity contribution in [1.29, 1.82) is 0 Å². The zero-order chi connectivity index (χ0) is 16.6. The van der Waals surface area contributed by atoms with Crippen LogP contribution in [0.4, 0.5) is 5.13 Å². The Labute approximate surface area is 147 Å². The standard InChI is InChI=1S/C19H25N3OS/c23-18(11-10-16-8-4-3-5-9-16)21-19-20-17(15-24-19)14-22-12-6-1-2-7-13-22/h3-5,8-9,15H,1-2,6-7,10-14H2,(H,20,21,23). The lowest BCUT2D eigenvalue weighted by Gasteiger charge is -2.17. The fourth-order valence-electron chi connectivity index (χ4n) is 3.04. The fourth-order valence-corrected chi connectivity index (χ4v) is 3.76. The van der Waals surface area contributed by atoms with E-state index < -0.39 is 0 Å². The Hall–Kier alpha value is -1.72. The summed E-state index contributed by atoms with van der Waals surface area (Å²) in [5.74, 6) is 0.0366. The highest BCUT2D eigenvalue weighted by Crippen LogP contribution is 2.19. The van der Waals surface area contributed by atoms with Gasteiger partial charge in [0.25, 0.3) is 0 Å². The number of hydrogen-bond acceptors (Lipinski definition) is 4. The Morgan fingerprint density at radius 2 is 1.88 bits per heavy atom. The van der Waals surface area contributed by atoms with Crippen LogP contribution in [0.15, 0.2) is 35.7 Å². The molecular weight excluding hydrogens is 318 g/mol. The van der Waals surface area contributed by atoms with Gasteiger partial charge in [-0.3, -0.25) is 9.69 Å². The van der Waals surface area contributed by atoms with Crippen molar-refractivity contribution in [2.75, 3.05) is 18.4 Å². The average molecular weight is 343 g/mol. The third-order valence-electron chi connectivity index (χ3n) is 4.37. The van der Waals surface area contributed by atoms with Gasteiger partial charge in [0.05, 0.1) is 5.69 Å². The molecule has 0 aliphatic carbocycles. The Morgan fingerprint density at radius 3 is 2.62 bits per heavy atom. The molecule has 128 valence electrons. The molecule has 1 N–H and O–H groups in total. The molecule has 1 fully saturated rings. The molecule has 0 radical (unpaired) electrons. The van der Waals surface area contributed by atoms with Gasteiger partial charge in [-0.25, -0.2) is 4.98 Å². The highest BCUT2D eigenvalue weighted by Gasteiger charge is 2.12. The van der Waals surface area contributed by atoms with Crippen molar-refractivity contribution in [2.24, 2.45) is 0 Å². The van der Waals surface area contributed by atoms with E-state index in [4.69, 9.17) is 0 Å². The van der Waals surface area contributed by atoms with Crippen LogP contribution in [0, 0.1) is 0 Å². The number of aromatic nitrogens is 1. The van der Waals surface area contributed by atoms with Crippen molar-refractivity contribution in [3.63, 3.8) is 0 Å². The highest BCUT2D eigenvalue weighted by molar-refractivity contribution is 7.13. The zero-order valence-corrected chi connectivity index (χ0v) is 14.9. The Balaban J connectivity index is 1.45. The van der Waals surface area contributed by atoms with E-state index in [2.05, 4.69) is 32.7 Å². The first-order valence-electron chi connectivity index (χ1n) is 8.80. The van der Waals surface area contributed by atoms with Crippen molar-refractivity contribution in [2.45, 2.75) is 45.1 Å². The molecule has 2 heterocycles. The van der Waals surface area contributed by atoms with Gasteiger partial charge < -0.3 is 5.32 Å². The topological polar surface area (TPSA) is 45.2 Å². The second-order valence-corrected chi connectivity index (χ2v) is 7.23. The van der Waals surface area contributed by atoms with E-state index >= 15 is 0 Å². The maximum Gasteiger partial charge on any atom is 0.226 e. The Bertz CT molecular complexity index is 633. The van der Waals surface area contributed by atoms with Gasteiger partial charge in [-0.15, -0.1) is 11.3 Å². The van der Waals surface area contributed by atoms with Crippen molar-refractivity contribution < 1.29 is 4.79 Å². The predicted molar refractivity (Wildman–Crippen MR) is 99.3 cm³/mol. The molecule has 24 heavy (non-hydrogen) atoms. The van der Waals surface area contributed by atoms with Crippen LogP contribution in [0.1, 0.15) is 43.4 Å². The molecular formula is C19H25N3OS. The molecule has 0 atom stereocenters. The number of hydrogen-bond donors (Lipinski definition) is 1. The first kappa shape index (κ1) is 17.1. The van der Waals surface area contributed by atoms with E-state index in [1.807, 2.05) is 18.2 Å². The number of thiazole rings is 1. The molecule has 1 aromatic heterocycles. The van der Waals surface area contributed by atoms with Crippen LogP contribution < -0.4 is 5.32 Å². The number of likely N-dealkylation sites (tertiary alicyclic amines) is 1. The van der Waals surface area contributed by atoms with E-state index in [0.29, 0.717) is 6.42 Å². The molecule has 1 saturated heterocycles. The van der Waals surface area contributed by atoms with Gasteiger partial charge in [0.2, 0.25) is 5.91 Å².